The molecule has 32 heavy (non-hydrogen) atoms. The minimum absolute atomic E-state index is 0.00497. The number of aromatic nitrogens is 3. The summed E-state index contributed by atoms with van der Waals surface area (Å²) < 4.78 is 0. The van der Waals surface area contributed by atoms with E-state index < -0.39 is 0 Å². The number of halogens is 1. The molecule has 2 aromatic carbocycles. The molecule has 7 heteroatoms. The van der Waals surface area contributed by atoms with Crippen LogP contribution in [0.15, 0.2) is 60.8 Å². The van der Waals surface area contributed by atoms with Crippen LogP contribution in [0.3, 0.4) is 0 Å². The van der Waals surface area contributed by atoms with Crippen molar-refractivity contribution >= 4 is 40.0 Å². The van der Waals surface area contributed by atoms with Crippen LogP contribution < -0.4 is 11.1 Å². The highest BCUT2D eigenvalue weighted by Crippen LogP contribution is 2.36. The van der Waals surface area contributed by atoms with Crippen LogP contribution in [0.4, 0.5) is 11.6 Å². The van der Waals surface area contributed by atoms with Gasteiger partial charge < -0.3 is 11.1 Å². The maximum Gasteiger partial charge on any atom is 0.228 e. The molecule has 2 aromatic heterocycles. The maximum absolute atomic E-state index is 12.7. The normalized spacial score (nSPS) is 14.0. The molecular formula is C25H22ClN5O. The van der Waals surface area contributed by atoms with Gasteiger partial charge in [-0.3, -0.25) is 9.78 Å². The summed E-state index contributed by atoms with van der Waals surface area (Å²) >= 11 is 6.55. The number of nitrogens with zero attached hydrogens (tertiary/aromatic N) is 3. The molecule has 0 atom stereocenters. The average Bonchev–Trinajstić information content (AvgIpc) is 3.36. The lowest BCUT2D eigenvalue weighted by atomic mass is 10.0. The summed E-state index contributed by atoms with van der Waals surface area (Å²) in [5, 5.41) is 4.32. The molecule has 4 aromatic rings. The zero-order valence-corrected chi connectivity index (χ0v) is 18.1. The predicted molar refractivity (Wildman–Crippen MR) is 128 cm³/mol. The fourth-order valence-corrected chi connectivity index (χ4v) is 4.51. The van der Waals surface area contributed by atoms with E-state index >= 15 is 0 Å². The number of nitrogens with two attached hydrogens (primary N) is 1. The Balaban J connectivity index is 1.65. The molecular weight excluding hydrogens is 422 g/mol. The summed E-state index contributed by atoms with van der Waals surface area (Å²) in [6, 6.07) is 17.3. The third-order valence-electron chi connectivity index (χ3n) is 5.87. The van der Waals surface area contributed by atoms with Crippen molar-refractivity contribution in [2.24, 2.45) is 5.92 Å². The van der Waals surface area contributed by atoms with Crippen LogP contribution in [0.5, 0.6) is 0 Å². The number of pyridine rings is 1. The quantitative estimate of drug-likeness (QED) is 0.420. The minimum atomic E-state index is -0.0531. The molecule has 0 aliphatic heterocycles. The predicted octanol–water partition coefficient (Wildman–Crippen LogP) is 5.72. The molecule has 0 radical (unpaired) electrons. The molecule has 1 amide bonds. The van der Waals surface area contributed by atoms with E-state index in [1.165, 1.54) is 0 Å². The number of anilines is 2. The van der Waals surface area contributed by atoms with E-state index in [0.717, 1.165) is 47.7 Å². The lowest BCUT2D eigenvalue weighted by Crippen LogP contribution is -2.22. The van der Waals surface area contributed by atoms with E-state index in [2.05, 4.69) is 15.3 Å². The van der Waals surface area contributed by atoms with Gasteiger partial charge in [0.05, 0.1) is 21.9 Å². The van der Waals surface area contributed by atoms with Gasteiger partial charge in [0, 0.05) is 28.6 Å². The van der Waals surface area contributed by atoms with Gasteiger partial charge in [-0.1, -0.05) is 60.8 Å². The van der Waals surface area contributed by atoms with Gasteiger partial charge in [-0.05, 0) is 31.0 Å². The van der Waals surface area contributed by atoms with Crippen molar-refractivity contribution < 1.29 is 4.79 Å². The Morgan fingerprint density at radius 2 is 1.72 bits per heavy atom. The number of carbonyl (C=O) groups excluding carboxylic acids is 1. The van der Waals surface area contributed by atoms with Gasteiger partial charge in [0.15, 0.2) is 11.6 Å². The van der Waals surface area contributed by atoms with Crippen molar-refractivity contribution in [3.05, 3.63) is 65.8 Å². The first-order valence-corrected chi connectivity index (χ1v) is 11.1. The van der Waals surface area contributed by atoms with E-state index in [1.54, 1.807) is 6.20 Å². The smallest absolute Gasteiger partial charge is 0.228 e. The number of amides is 1. The van der Waals surface area contributed by atoms with Crippen LogP contribution in [0, 0.1) is 5.92 Å². The highest BCUT2D eigenvalue weighted by molar-refractivity contribution is 6.35. The molecule has 2 heterocycles. The molecule has 1 aliphatic rings. The van der Waals surface area contributed by atoms with Gasteiger partial charge in [-0.25, -0.2) is 9.97 Å². The number of benzene rings is 2. The van der Waals surface area contributed by atoms with E-state index in [1.807, 2.05) is 54.6 Å². The number of fused-ring (bicyclic) bond motifs is 1. The molecule has 1 saturated carbocycles. The minimum Gasteiger partial charge on any atom is -0.381 e. The highest BCUT2D eigenvalue weighted by atomic mass is 35.5. The molecule has 1 fully saturated rings. The van der Waals surface area contributed by atoms with E-state index in [4.69, 9.17) is 22.3 Å². The number of nitrogens with one attached hydrogen (secondary N) is 1. The average molecular weight is 444 g/mol. The van der Waals surface area contributed by atoms with Gasteiger partial charge in [0.2, 0.25) is 5.91 Å². The number of hydrogen-bond donors (Lipinski definition) is 2. The second-order valence-corrected chi connectivity index (χ2v) is 8.43. The molecule has 0 saturated heterocycles. The first-order valence-electron chi connectivity index (χ1n) is 10.7. The third kappa shape index (κ3) is 3.89. The van der Waals surface area contributed by atoms with Crippen molar-refractivity contribution in [3.8, 4) is 22.5 Å². The molecule has 1 aliphatic carbocycles. The van der Waals surface area contributed by atoms with E-state index in [9.17, 15) is 4.79 Å². The summed E-state index contributed by atoms with van der Waals surface area (Å²) in [6.07, 6.45) is 5.63. The molecule has 160 valence electrons. The van der Waals surface area contributed by atoms with Gasteiger partial charge >= 0.3 is 0 Å². The number of hydrogen-bond acceptors (Lipinski definition) is 5. The lowest BCUT2D eigenvalue weighted by molar-refractivity contribution is -0.119. The monoisotopic (exact) mass is 443 g/mol. The second kappa shape index (κ2) is 8.55. The van der Waals surface area contributed by atoms with Gasteiger partial charge in [-0.15, -0.1) is 0 Å². The van der Waals surface area contributed by atoms with Gasteiger partial charge in [0.1, 0.15) is 0 Å². The second-order valence-electron chi connectivity index (χ2n) is 8.02. The Morgan fingerprint density at radius 3 is 2.50 bits per heavy atom. The van der Waals surface area contributed by atoms with Crippen LogP contribution in [0.1, 0.15) is 25.7 Å². The summed E-state index contributed by atoms with van der Waals surface area (Å²) in [4.78, 5) is 26.5. The molecule has 0 unspecified atom stereocenters. The summed E-state index contributed by atoms with van der Waals surface area (Å²) in [5.74, 6) is 0.406. The van der Waals surface area contributed by atoms with Crippen molar-refractivity contribution in [3.63, 3.8) is 0 Å². The van der Waals surface area contributed by atoms with Crippen molar-refractivity contribution in [1.29, 1.82) is 0 Å². The SMILES string of the molecule is Nc1nc(-c2ccccc2)c(-c2cc(Cl)c3ncccc3c2)nc1NC(=O)C1CCCC1. The first-order chi connectivity index (χ1) is 15.6. The van der Waals surface area contributed by atoms with Crippen molar-refractivity contribution in [2.45, 2.75) is 25.7 Å². The van der Waals surface area contributed by atoms with Gasteiger partial charge in [0.25, 0.3) is 0 Å². The number of rotatable bonds is 4. The molecule has 0 bridgehead atoms. The summed E-state index contributed by atoms with van der Waals surface area (Å²) in [7, 11) is 0. The van der Waals surface area contributed by atoms with Crippen molar-refractivity contribution in [2.75, 3.05) is 11.1 Å². The Kier molecular flexibility index (Phi) is 5.45. The molecule has 6 nitrogen and oxygen atoms in total. The fourth-order valence-electron chi connectivity index (χ4n) is 4.23. The van der Waals surface area contributed by atoms with Crippen LogP contribution in [-0.2, 0) is 4.79 Å². The summed E-state index contributed by atoms with van der Waals surface area (Å²) in [5.41, 5.74) is 9.84. The topological polar surface area (TPSA) is 93.8 Å². The Labute approximate surface area is 190 Å². The van der Waals surface area contributed by atoms with Crippen LogP contribution in [0.2, 0.25) is 5.02 Å². The maximum atomic E-state index is 12.7. The molecule has 5 rings (SSSR count). The largest absolute Gasteiger partial charge is 0.381 e. The molecule has 3 N–H and O–H groups in total. The summed E-state index contributed by atoms with van der Waals surface area (Å²) in [6.45, 7) is 0. The van der Waals surface area contributed by atoms with Crippen LogP contribution in [0.25, 0.3) is 33.4 Å². The zero-order valence-electron chi connectivity index (χ0n) is 17.4. The fraction of sp³-hybridized carbons (Fsp3) is 0.200. The zero-order chi connectivity index (χ0) is 22.1. The highest BCUT2D eigenvalue weighted by Gasteiger charge is 2.25. The Morgan fingerprint density at radius 1 is 0.969 bits per heavy atom. The van der Waals surface area contributed by atoms with Gasteiger partial charge in [-0.2, -0.15) is 0 Å². The number of carbonyl (C=O) groups is 1. The Bertz CT molecular complexity index is 1300. The van der Waals surface area contributed by atoms with Crippen molar-refractivity contribution in [1.82, 2.24) is 15.0 Å². The number of nitrogen functional groups attached to an aromatic ring is 1. The van der Waals surface area contributed by atoms with Crippen LogP contribution in [-0.4, -0.2) is 20.9 Å². The Hall–Kier alpha value is -3.51. The molecule has 0 spiro atoms. The van der Waals surface area contributed by atoms with Crippen LogP contribution >= 0.6 is 11.6 Å². The van der Waals surface area contributed by atoms with E-state index in [0.29, 0.717) is 16.4 Å². The standard InChI is InChI=1S/C25H22ClN5O/c26-19-14-18(13-17-11-6-12-28-20(17)19)22-21(15-7-2-1-3-8-15)29-23(27)24(30-22)31-25(32)16-9-4-5-10-16/h1-3,6-8,11-14,16H,4-5,9-10H2,(H2,27,29)(H,30,31,32). The first kappa shape index (κ1) is 20.4. The third-order valence-corrected chi connectivity index (χ3v) is 6.16. The van der Waals surface area contributed by atoms with E-state index in [-0.39, 0.29) is 23.5 Å². The lowest BCUT2D eigenvalue weighted by Gasteiger charge is -2.16.